The van der Waals surface area contributed by atoms with E-state index in [2.05, 4.69) is 4.74 Å². The van der Waals surface area contributed by atoms with Crippen LogP contribution >= 0.6 is 0 Å². The zero-order valence-corrected chi connectivity index (χ0v) is 9.91. The van der Waals surface area contributed by atoms with Crippen LogP contribution < -0.4 is 4.72 Å². The Balaban J connectivity index is 4.07. The molecule has 0 aromatic carbocycles. The Morgan fingerprint density at radius 1 is 1.44 bits per heavy atom. The molecule has 0 aromatic heterocycles. The second kappa shape index (κ2) is 6.44. The molecule has 0 bridgehead atoms. The minimum Gasteiger partial charge on any atom is -0.480 e. The SMILES string of the molecule is COC(=O)CCCS(=O)(=O)N[C@@H](C)C(=O)O. The van der Waals surface area contributed by atoms with Crippen molar-refractivity contribution in [2.24, 2.45) is 0 Å². The number of carboxylic acid groups (broad SMARTS) is 1. The van der Waals surface area contributed by atoms with Crippen molar-refractivity contribution in [3.63, 3.8) is 0 Å². The summed E-state index contributed by atoms with van der Waals surface area (Å²) in [7, 11) is -2.46. The van der Waals surface area contributed by atoms with Gasteiger partial charge in [-0.25, -0.2) is 13.1 Å². The van der Waals surface area contributed by atoms with Crippen LogP contribution in [0.5, 0.6) is 0 Å². The first-order chi connectivity index (χ1) is 7.28. The Labute approximate surface area is 93.8 Å². The van der Waals surface area contributed by atoms with E-state index in [-0.39, 0.29) is 18.6 Å². The summed E-state index contributed by atoms with van der Waals surface area (Å²) < 4.78 is 28.9. The molecule has 0 saturated carbocycles. The molecule has 2 N–H and O–H groups in total. The number of rotatable bonds is 7. The number of methoxy groups -OCH3 is 1. The first kappa shape index (κ1) is 14.8. The van der Waals surface area contributed by atoms with E-state index in [0.29, 0.717) is 0 Å². The number of esters is 1. The first-order valence-electron chi connectivity index (χ1n) is 4.58. The van der Waals surface area contributed by atoms with Crippen molar-refractivity contribution in [2.75, 3.05) is 12.9 Å². The third-order valence-corrected chi connectivity index (χ3v) is 3.29. The molecule has 94 valence electrons. The van der Waals surface area contributed by atoms with Gasteiger partial charge in [0, 0.05) is 6.42 Å². The zero-order chi connectivity index (χ0) is 12.8. The van der Waals surface area contributed by atoms with Crippen LogP contribution in [0.1, 0.15) is 19.8 Å². The fourth-order valence-corrected chi connectivity index (χ4v) is 2.17. The third kappa shape index (κ3) is 6.36. The minimum atomic E-state index is -3.67. The molecule has 0 heterocycles. The molecule has 0 saturated heterocycles. The first-order valence-corrected chi connectivity index (χ1v) is 6.23. The molecule has 0 fully saturated rings. The maximum Gasteiger partial charge on any atom is 0.321 e. The van der Waals surface area contributed by atoms with Crippen molar-refractivity contribution >= 4 is 22.0 Å². The van der Waals surface area contributed by atoms with Gasteiger partial charge >= 0.3 is 11.9 Å². The normalized spacial score (nSPS) is 13.1. The lowest BCUT2D eigenvalue weighted by Crippen LogP contribution is -2.39. The van der Waals surface area contributed by atoms with E-state index in [1.54, 1.807) is 0 Å². The monoisotopic (exact) mass is 253 g/mol. The topological polar surface area (TPSA) is 110 Å². The molecule has 0 amide bonds. The molecule has 0 rings (SSSR count). The van der Waals surface area contributed by atoms with Gasteiger partial charge in [-0.2, -0.15) is 0 Å². The van der Waals surface area contributed by atoms with Crippen LogP contribution in [0.4, 0.5) is 0 Å². The fraction of sp³-hybridized carbons (Fsp3) is 0.750. The lowest BCUT2D eigenvalue weighted by Gasteiger charge is -2.09. The Bertz CT molecular complexity index is 350. The highest BCUT2D eigenvalue weighted by Crippen LogP contribution is 1.98. The molecule has 0 aliphatic carbocycles. The van der Waals surface area contributed by atoms with Gasteiger partial charge in [-0.15, -0.1) is 0 Å². The molecule has 0 aliphatic rings. The molecule has 7 nitrogen and oxygen atoms in total. The van der Waals surface area contributed by atoms with Gasteiger partial charge in [0.25, 0.3) is 0 Å². The van der Waals surface area contributed by atoms with Crippen LogP contribution in [-0.2, 0) is 24.3 Å². The number of sulfonamides is 1. The zero-order valence-electron chi connectivity index (χ0n) is 9.10. The molecule has 0 aromatic rings. The van der Waals surface area contributed by atoms with E-state index in [9.17, 15) is 18.0 Å². The summed E-state index contributed by atoms with van der Waals surface area (Å²) in [6.45, 7) is 1.22. The predicted octanol–water partition coefficient (Wildman–Crippen LogP) is -0.668. The highest BCUT2D eigenvalue weighted by molar-refractivity contribution is 7.89. The largest absolute Gasteiger partial charge is 0.480 e. The van der Waals surface area contributed by atoms with Crippen molar-refractivity contribution in [3.05, 3.63) is 0 Å². The summed E-state index contributed by atoms with van der Waals surface area (Å²) in [5.41, 5.74) is 0. The number of hydrogen-bond donors (Lipinski definition) is 2. The molecular formula is C8H15NO6S. The summed E-state index contributed by atoms with van der Waals surface area (Å²) >= 11 is 0. The molecule has 0 radical (unpaired) electrons. The molecule has 16 heavy (non-hydrogen) atoms. The molecular weight excluding hydrogens is 238 g/mol. The van der Waals surface area contributed by atoms with Crippen molar-refractivity contribution in [1.82, 2.24) is 4.72 Å². The van der Waals surface area contributed by atoms with Crippen LogP contribution in [0.2, 0.25) is 0 Å². The summed E-state index contributed by atoms with van der Waals surface area (Å²) in [6.07, 6.45) is 0.0766. The quantitative estimate of drug-likeness (QED) is 0.582. The molecule has 1 atom stereocenters. The summed E-state index contributed by atoms with van der Waals surface area (Å²) in [5, 5.41) is 8.50. The van der Waals surface area contributed by atoms with Gasteiger partial charge in [0.05, 0.1) is 12.9 Å². The number of carboxylic acids is 1. The second-order valence-electron chi connectivity index (χ2n) is 3.18. The van der Waals surface area contributed by atoms with Crippen molar-refractivity contribution < 1.29 is 27.9 Å². The smallest absolute Gasteiger partial charge is 0.321 e. The number of ether oxygens (including phenoxy) is 1. The second-order valence-corrected chi connectivity index (χ2v) is 5.05. The van der Waals surface area contributed by atoms with Crippen LogP contribution in [0.25, 0.3) is 0 Å². The Hall–Kier alpha value is -1.15. The Kier molecular flexibility index (Phi) is 5.97. The lowest BCUT2D eigenvalue weighted by molar-refractivity contribution is -0.141. The van der Waals surface area contributed by atoms with E-state index in [4.69, 9.17) is 5.11 Å². The van der Waals surface area contributed by atoms with Crippen molar-refractivity contribution in [1.29, 1.82) is 0 Å². The van der Waals surface area contributed by atoms with Crippen LogP contribution in [0.15, 0.2) is 0 Å². The van der Waals surface area contributed by atoms with Crippen LogP contribution in [0.3, 0.4) is 0 Å². The highest BCUT2D eigenvalue weighted by Gasteiger charge is 2.19. The van der Waals surface area contributed by atoms with Gasteiger partial charge in [0.15, 0.2) is 0 Å². The van der Waals surface area contributed by atoms with Crippen LogP contribution in [-0.4, -0.2) is 44.4 Å². The fourth-order valence-electron chi connectivity index (χ4n) is 0.887. The maximum absolute atomic E-state index is 11.3. The summed E-state index contributed by atoms with van der Waals surface area (Å²) in [5.74, 6) is -2.06. The van der Waals surface area contributed by atoms with Gasteiger partial charge in [-0.3, -0.25) is 9.59 Å². The number of aliphatic carboxylic acids is 1. The van der Waals surface area contributed by atoms with Gasteiger partial charge < -0.3 is 9.84 Å². The molecule has 8 heteroatoms. The number of carbonyl (C=O) groups is 2. The van der Waals surface area contributed by atoms with E-state index in [1.807, 2.05) is 4.72 Å². The average Bonchev–Trinajstić information content (AvgIpc) is 2.16. The highest BCUT2D eigenvalue weighted by atomic mass is 32.2. The summed E-state index contributed by atoms with van der Waals surface area (Å²) in [6, 6.07) is -1.18. The Morgan fingerprint density at radius 3 is 2.44 bits per heavy atom. The number of hydrogen-bond acceptors (Lipinski definition) is 5. The maximum atomic E-state index is 11.3. The van der Waals surface area contributed by atoms with E-state index in [0.717, 1.165) is 0 Å². The van der Waals surface area contributed by atoms with Crippen LogP contribution in [0, 0.1) is 0 Å². The van der Waals surface area contributed by atoms with E-state index < -0.39 is 28.0 Å². The molecule has 0 spiro atoms. The predicted molar refractivity (Wildman–Crippen MR) is 55.3 cm³/mol. The van der Waals surface area contributed by atoms with Gasteiger partial charge in [0.2, 0.25) is 10.0 Å². The minimum absolute atomic E-state index is 0.0150. The van der Waals surface area contributed by atoms with Gasteiger partial charge in [0.1, 0.15) is 6.04 Å². The van der Waals surface area contributed by atoms with E-state index in [1.165, 1.54) is 14.0 Å². The third-order valence-electron chi connectivity index (χ3n) is 1.75. The number of nitrogens with one attached hydrogen (secondary N) is 1. The summed E-state index contributed by atoms with van der Waals surface area (Å²) in [4.78, 5) is 21.1. The average molecular weight is 253 g/mol. The molecule has 0 unspecified atom stereocenters. The Morgan fingerprint density at radius 2 is 2.00 bits per heavy atom. The van der Waals surface area contributed by atoms with Gasteiger partial charge in [-0.1, -0.05) is 0 Å². The van der Waals surface area contributed by atoms with Gasteiger partial charge in [-0.05, 0) is 13.3 Å². The van der Waals surface area contributed by atoms with E-state index >= 15 is 0 Å². The standard InChI is InChI=1S/C8H15NO6S/c1-6(8(11)12)9-16(13,14)5-3-4-7(10)15-2/h6,9H,3-5H2,1-2H3,(H,11,12)/t6-/m0/s1. The van der Waals surface area contributed by atoms with Crippen molar-refractivity contribution in [3.8, 4) is 0 Å². The number of carbonyl (C=O) groups excluding carboxylic acids is 1. The lowest BCUT2D eigenvalue weighted by atomic mass is 10.3. The molecule has 0 aliphatic heterocycles. The van der Waals surface area contributed by atoms with Crippen molar-refractivity contribution in [2.45, 2.75) is 25.8 Å².